The van der Waals surface area contributed by atoms with Gasteiger partial charge in [0.05, 0.1) is 49.0 Å². The van der Waals surface area contributed by atoms with Gasteiger partial charge in [0.2, 0.25) is 0 Å². The summed E-state index contributed by atoms with van der Waals surface area (Å²) >= 11 is 0. The van der Waals surface area contributed by atoms with E-state index in [-0.39, 0.29) is 0 Å². The number of nitrogens with one attached hydrogen (secondary N) is 1. The highest BCUT2D eigenvalue weighted by atomic mass is 16.5. The number of ether oxygens (including phenoxy) is 3. The first-order valence-electron chi connectivity index (χ1n) is 8.78. The van der Waals surface area contributed by atoms with Gasteiger partial charge in [0.1, 0.15) is 11.5 Å². The van der Waals surface area contributed by atoms with E-state index in [1.807, 2.05) is 37.3 Å². The molecule has 2 heterocycles. The molecule has 1 aromatic carbocycles. The first kappa shape index (κ1) is 19.5. The Bertz CT molecular complexity index is 987. The second-order valence-electron chi connectivity index (χ2n) is 6.12. The molecule has 1 amide bonds. The van der Waals surface area contributed by atoms with Gasteiger partial charge in [-0.3, -0.25) is 5.32 Å². The highest BCUT2D eigenvalue weighted by Crippen LogP contribution is 2.40. The molecule has 0 atom stereocenters. The minimum absolute atomic E-state index is 0.422. The fourth-order valence-electron chi connectivity index (χ4n) is 3.27. The third kappa shape index (κ3) is 3.46. The molecule has 0 bridgehead atoms. The summed E-state index contributed by atoms with van der Waals surface area (Å²) in [7, 11) is 4.81. The van der Waals surface area contributed by atoms with Gasteiger partial charge >= 0.3 is 6.09 Å². The van der Waals surface area contributed by atoms with Crippen molar-refractivity contribution in [2.45, 2.75) is 20.0 Å². The fraction of sp³-hybridized carbons (Fsp3) is 0.300. The summed E-state index contributed by atoms with van der Waals surface area (Å²) in [6, 6.07) is 9.34. The number of fused-ring (bicyclic) bond motifs is 1. The summed E-state index contributed by atoms with van der Waals surface area (Å²) in [4.78, 5) is 11.2. The summed E-state index contributed by atoms with van der Waals surface area (Å²) in [5.41, 5.74) is 4.15. The van der Waals surface area contributed by atoms with Crippen molar-refractivity contribution in [2.75, 3.05) is 26.6 Å². The minimum Gasteiger partial charge on any atom is -0.496 e. The average molecular weight is 385 g/mol. The Morgan fingerprint density at radius 3 is 2.39 bits per heavy atom. The zero-order chi connectivity index (χ0) is 20.3. The largest absolute Gasteiger partial charge is 0.496 e. The molecular formula is C20H23N3O5. The zero-order valence-electron chi connectivity index (χ0n) is 16.3. The Morgan fingerprint density at radius 1 is 1.18 bits per heavy atom. The lowest BCUT2D eigenvalue weighted by molar-refractivity contribution is 0.184. The van der Waals surface area contributed by atoms with Crippen LogP contribution in [0.5, 0.6) is 11.5 Å². The predicted octanol–water partition coefficient (Wildman–Crippen LogP) is 3.82. The van der Waals surface area contributed by atoms with E-state index in [9.17, 15) is 9.90 Å². The molecule has 8 heteroatoms. The molecule has 2 aromatic heterocycles. The lowest BCUT2D eigenvalue weighted by Gasteiger charge is -2.16. The average Bonchev–Trinajstić information content (AvgIpc) is 3.04. The lowest BCUT2D eigenvalue weighted by Crippen LogP contribution is -2.08. The number of amides is 1. The number of methoxy groups -OCH3 is 3. The van der Waals surface area contributed by atoms with Gasteiger partial charge in [0, 0.05) is 7.11 Å². The summed E-state index contributed by atoms with van der Waals surface area (Å²) < 4.78 is 18.2. The number of rotatable bonds is 7. The molecule has 8 nitrogen and oxygen atoms in total. The van der Waals surface area contributed by atoms with Crippen molar-refractivity contribution >= 4 is 17.3 Å². The van der Waals surface area contributed by atoms with E-state index in [0.29, 0.717) is 41.4 Å². The smallest absolute Gasteiger partial charge is 0.409 e. The van der Waals surface area contributed by atoms with Gasteiger partial charge in [0.15, 0.2) is 0 Å². The summed E-state index contributed by atoms with van der Waals surface area (Å²) in [6.07, 6.45) is -0.549. The maximum absolute atomic E-state index is 11.2. The second-order valence-corrected chi connectivity index (χ2v) is 6.12. The molecule has 0 radical (unpaired) electrons. The molecule has 0 aliphatic heterocycles. The van der Waals surface area contributed by atoms with E-state index < -0.39 is 6.09 Å². The number of hydrogen-bond acceptors (Lipinski definition) is 5. The lowest BCUT2D eigenvalue weighted by atomic mass is 10.0. The van der Waals surface area contributed by atoms with Crippen LogP contribution in [-0.4, -0.2) is 42.1 Å². The van der Waals surface area contributed by atoms with Gasteiger partial charge in [-0.1, -0.05) is 13.0 Å². The highest BCUT2D eigenvalue weighted by molar-refractivity contribution is 5.92. The summed E-state index contributed by atoms with van der Waals surface area (Å²) in [5.74, 6) is 1.22. The van der Waals surface area contributed by atoms with Crippen LogP contribution in [0.25, 0.3) is 16.8 Å². The van der Waals surface area contributed by atoms with Crippen molar-refractivity contribution in [1.82, 2.24) is 9.61 Å². The molecule has 0 aliphatic carbocycles. The van der Waals surface area contributed by atoms with E-state index in [2.05, 4.69) is 10.4 Å². The van der Waals surface area contributed by atoms with Crippen molar-refractivity contribution in [3.63, 3.8) is 0 Å². The first-order valence-corrected chi connectivity index (χ1v) is 8.78. The molecule has 0 unspecified atom stereocenters. The maximum Gasteiger partial charge on any atom is 0.409 e. The Morgan fingerprint density at radius 2 is 1.86 bits per heavy atom. The van der Waals surface area contributed by atoms with E-state index in [1.54, 1.807) is 25.8 Å². The van der Waals surface area contributed by atoms with Crippen molar-refractivity contribution in [2.24, 2.45) is 0 Å². The van der Waals surface area contributed by atoms with Crippen LogP contribution >= 0.6 is 0 Å². The van der Waals surface area contributed by atoms with Crippen molar-refractivity contribution in [3.05, 3.63) is 41.6 Å². The quantitative estimate of drug-likeness (QED) is 0.642. The topological polar surface area (TPSA) is 94.3 Å². The van der Waals surface area contributed by atoms with Crippen molar-refractivity contribution in [3.8, 4) is 22.8 Å². The molecule has 0 fully saturated rings. The molecular weight excluding hydrogens is 362 g/mol. The van der Waals surface area contributed by atoms with Crippen LogP contribution in [0.3, 0.4) is 0 Å². The Labute approximate surface area is 162 Å². The van der Waals surface area contributed by atoms with Crippen LogP contribution < -0.4 is 14.8 Å². The van der Waals surface area contributed by atoms with Gasteiger partial charge in [0.25, 0.3) is 0 Å². The van der Waals surface area contributed by atoms with Crippen molar-refractivity contribution < 1.29 is 24.1 Å². The van der Waals surface area contributed by atoms with Crippen LogP contribution in [0.2, 0.25) is 0 Å². The number of pyridine rings is 1. The van der Waals surface area contributed by atoms with E-state index in [0.717, 1.165) is 16.8 Å². The summed E-state index contributed by atoms with van der Waals surface area (Å²) in [6.45, 7) is 2.35. The second kappa shape index (κ2) is 8.18. The number of nitrogens with zero attached hydrogens (tertiary/aromatic N) is 2. The number of carbonyl (C=O) groups is 1. The Balaban J connectivity index is 2.29. The normalized spacial score (nSPS) is 10.9. The van der Waals surface area contributed by atoms with Gasteiger partial charge < -0.3 is 19.3 Å². The molecule has 3 aromatic rings. The fourth-order valence-corrected chi connectivity index (χ4v) is 3.27. The van der Waals surface area contributed by atoms with Gasteiger partial charge in [-0.15, -0.1) is 0 Å². The van der Waals surface area contributed by atoms with Crippen LogP contribution in [0.15, 0.2) is 30.3 Å². The molecule has 2 N–H and O–H groups in total. The SMILES string of the molecule is CCc1nn2c(-c3c(OC)cc(COC)cc3OC)cccc2c1NC(=O)O. The number of hydrogen-bond donors (Lipinski definition) is 2. The number of aryl methyl sites for hydroxylation is 1. The molecule has 148 valence electrons. The van der Waals surface area contributed by atoms with Crippen LogP contribution in [0.4, 0.5) is 10.5 Å². The van der Waals surface area contributed by atoms with Crippen molar-refractivity contribution in [1.29, 1.82) is 0 Å². The van der Waals surface area contributed by atoms with Gasteiger partial charge in [-0.2, -0.15) is 5.10 Å². The molecule has 0 spiro atoms. The Hall–Kier alpha value is -3.26. The number of aromatic nitrogens is 2. The zero-order valence-corrected chi connectivity index (χ0v) is 16.3. The minimum atomic E-state index is -1.13. The van der Waals surface area contributed by atoms with E-state index in [4.69, 9.17) is 14.2 Å². The molecule has 0 aliphatic rings. The monoisotopic (exact) mass is 385 g/mol. The number of anilines is 1. The van der Waals surface area contributed by atoms with E-state index >= 15 is 0 Å². The molecule has 0 saturated heterocycles. The van der Waals surface area contributed by atoms with Crippen LogP contribution in [-0.2, 0) is 17.8 Å². The first-order chi connectivity index (χ1) is 13.5. The van der Waals surface area contributed by atoms with Gasteiger partial charge in [-0.05, 0) is 36.2 Å². The van der Waals surface area contributed by atoms with E-state index in [1.165, 1.54) is 0 Å². The number of benzene rings is 1. The predicted molar refractivity (Wildman–Crippen MR) is 105 cm³/mol. The van der Waals surface area contributed by atoms with Crippen LogP contribution in [0, 0.1) is 0 Å². The third-order valence-electron chi connectivity index (χ3n) is 4.43. The molecule has 0 saturated carbocycles. The maximum atomic E-state index is 11.2. The van der Waals surface area contributed by atoms with Crippen LogP contribution in [0.1, 0.15) is 18.2 Å². The standard InChI is InChI=1S/C20H23N3O5/c1-5-13-19(21-20(24)25)15-8-6-7-14(23(15)22-13)18-16(27-3)9-12(11-26-2)10-17(18)28-4/h6-10,21H,5,11H2,1-4H3,(H,24,25). The Kier molecular flexibility index (Phi) is 5.70. The van der Waals surface area contributed by atoms with Gasteiger partial charge in [-0.25, -0.2) is 9.31 Å². The highest BCUT2D eigenvalue weighted by Gasteiger charge is 2.21. The third-order valence-corrected chi connectivity index (χ3v) is 4.43. The molecule has 3 rings (SSSR count). The number of carboxylic acid groups (broad SMARTS) is 1. The molecule has 28 heavy (non-hydrogen) atoms. The summed E-state index contributed by atoms with van der Waals surface area (Å²) in [5, 5.41) is 16.3.